The molecule has 1 aliphatic heterocycles. The van der Waals surface area contributed by atoms with Crippen LogP contribution in [0.15, 0.2) is 23.0 Å². The van der Waals surface area contributed by atoms with Gasteiger partial charge in [-0.3, -0.25) is 24.1 Å². The number of carbonyl (C=O) groups excluding carboxylic acids is 4. The van der Waals surface area contributed by atoms with Crippen LogP contribution in [0.1, 0.15) is 24.0 Å². The van der Waals surface area contributed by atoms with Gasteiger partial charge in [0.15, 0.2) is 11.4 Å². The number of hydrogen-bond acceptors (Lipinski definition) is 11. The normalized spacial score (nSPS) is 29.4. The summed E-state index contributed by atoms with van der Waals surface area (Å²) in [5.74, 6) is -7.62. The van der Waals surface area contributed by atoms with E-state index in [0.29, 0.717) is 24.2 Å². The number of likely N-dealkylation sites (N-methyl/N-ethyl adjacent to an activating group) is 1. The second-order valence-corrected chi connectivity index (χ2v) is 11.3. The van der Waals surface area contributed by atoms with Crippen LogP contribution in [-0.2, 0) is 25.6 Å². The Kier molecular flexibility index (Phi) is 6.44. The first kappa shape index (κ1) is 27.6. The van der Waals surface area contributed by atoms with E-state index < -0.39 is 69.8 Å². The van der Waals surface area contributed by atoms with Gasteiger partial charge in [0.2, 0.25) is 11.7 Å². The molecule has 0 unspecified atom stereocenters. The van der Waals surface area contributed by atoms with E-state index in [0.717, 1.165) is 0 Å². The Morgan fingerprint density at radius 3 is 2.33 bits per heavy atom. The van der Waals surface area contributed by atoms with E-state index in [1.807, 2.05) is 0 Å². The van der Waals surface area contributed by atoms with Crippen molar-refractivity contribution in [3.05, 3.63) is 34.1 Å². The average Bonchev–Trinajstić information content (AvgIpc) is 2.81. The van der Waals surface area contributed by atoms with Gasteiger partial charge in [-0.25, -0.2) is 0 Å². The lowest BCUT2D eigenvalue weighted by Crippen LogP contribution is -2.65. The average molecular weight is 556 g/mol. The van der Waals surface area contributed by atoms with Gasteiger partial charge in [-0.05, 0) is 57.5 Å². The Hall–Kier alpha value is -3.94. The van der Waals surface area contributed by atoms with Crippen molar-refractivity contribution in [3.8, 4) is 5.75 Å². The third-order valence-electron chi connectivity index (χ3n) is 8.58. The van der Waals surface area contributed by atoms with Gasteiger partial charge in [0.05, 0.1) is 23.3 Å². The summed E-state index contributed by atoms with van der Waals surface area (Å²) in [6.07, 6.45) is 0.767. The van der Waals surface area contributed by atoms with Crippen molar-refractivity contribution >= 4 is 40.5 Å². The van der Waals surface area contributed by atoms with Crippen LogP contribution in [0, 0.1) is 11.8 Å². The molecule has 0 radical (unpaired) electrons. The number of phenolic OH excluding ortho intramolecular Hbond substituents is 1. The lowest BCUT2D eigenvalue weighted by Gasteiger charge is -2.50. The monoisotopic (exact) mass is 555 g/mol. The molecular weight excluding hydrogens is 522 g/mol. The molecule has 2 fully saturated rings. The second kappa shape index (κ2) is 9.32. The zero-order valence-corrected chi connectivity index (χ0v) is 22.6. The molecule has 1 heterocycles. The summed E-state index contributed by atoms with van der Waals surface area (Å²) in [5.41, 5.74) is 2.55. The largest absolute Gasteiger partial charge is 0.508 e. The minimum atomic E-state index is -2.72. The number of hydrogen-bond donors (Lipinski definition) is 7. The predicted octanol–water partition coefficient (Wildman–Crippen LogP) is -0.670. The number of fused-ring (bicyclic) bond motifs is 3. The lowest BCUT2D eigenvalue weighted by atomic mass is 9.57. The summed E-state index contributed by atoms with van der Waals surface area (Å²) in [6.45, 7) is 0.691. The highest BCUT2D eigenvalue weighted by Gasteiger charge is 2.64. The number of benzene rings is 1. The first-order chi connectivity index (χ1) is 18.7. The zero-order chi connectivity index (χ0) is 29.4. The van der Waals surface area contributed by atoms with E-state index in [1.165, 1.54) is 4.90 Å². The van der Waals surface area contributed by atoms with Gasteiger partial charge in [0.25, 0.3) is 5.91 Å². The van der Waals surface area contributed by atoms with E-state index in [2.05, 4.69) is 10.6 Å². The van der Waals surface area contributed by atoms with Crippen LogP contribution in [0.4, 0.5) is 11.4 Å². The molecule has 1 saturated heterocycles. The van der Waals surface area contributed by atoms with Gasteiger partial charge in [0.1, 0.15) is 22.8 Å². The Morgan fingerprint density at radius 1 is 1.15 bits per heavy atom. The summed E-state index contributed by atoms with van der Waals surface area (Å²) in [4.78, 5) is 55.2. The van der Waals surface area contributed by atoms with Gasteiger partial charge < -0.3 is 41.7 Å². The third-order valence-corrected chi connectivity index (χ3v) is 8.58. The second-order valence-electron chi connectivity index (χ2n) is 11.3. The highest BCUT2D eigenvalue weighted by molar-refractivity contribution is 6.24. The number of aliphatic hydroxyl groups is 3. The number of rotatable bonds is 5. The quantitative estimate of drug-likeness (QED) is 0.179. The van der Waals surface area contributed by atoms with Crippen molar-refractivity contribution in [2.24, 2.45) is 17.6 Å². The number of ketones is 2. The summed E-state index contributed by atoms with van der Waals surface area (Å²) in [5, 5.41) is 51.1. The number of Topliss-reactive ketones (excluding diaryl/α,β-unsaturated/α-hetero) is 2. The number of aromatic hydroxyl groups is 1. The molecule has 0 bridgehead atoms. The van der Waals surface area contributed by atoms with Crippen LogP contribution < -0.4 is 21.3 Å². The molecule has 1 saturated carbocycles. The first-order valence-electron chi connectivity index (χ1n) is 13.0. The Bertz CT molecular complexity index is 1430. The fraction of sp³-hybridized carbons (Fsp3) is 0.481. The topological polar surface area (TPSA) is 206 Å². The molecule has 5 rings (SSSR count). The van der Waals surface area contributed by atoms with Crippen LogP contribution in [0.2, 0.25) is 0 Å². The Labute approximate surface area is 229 Å². The summed E-state index contributed by atoms with van der Waals surface area (Å²) in [6, 6.07) is 0.00943. The van der Waals surface area contributed by atoms with E-state index >= 15 is 0 Å². The number of nitrogens with zero attached hydrogens (tertiary/aromatic N) is 2. The number of carbonyl (C=O) groups is 4. The van der Waals surface area contributed by atoms with E-state index in [9.17, 15) is 39.6 Å². The SMILES string of the molecule is CN(C)c1cc(NC(=O)[C@@H]2CCN2)c(O)c2c1C[C@H]1C[C@H]3[C@H](N(C)C)C(=O)C(C(N)=O)=C(O)[C@@]3(O)C(=O)C1=C2O. The molecule has 8 N–H and O–H groups in total. The zero-order valence-electron chi connectivity index (χ0n) is 22.6. The highest BCUT2D eigenvalue weighted by atomic mass is 16.3. The summed E-state index contributed by atoms with van der Waals surface area (Å²) >= 11 is 0. The van der Waals surface area contributed by atoms with Crippen molar-refractivity contribution in [1.29, 1.82) is 0 Å². The van der Waals surface area contributed by atoms with Crippen molar-refractivity contribution in [3.63, 3.8) is 0 Å². The van der Waals surface area contributed by atoms with Gasteiger partial charge >= 0.3 is 0 Å². The molecule has 2 amide bonds. The molecule has 4 aliphatic rings. The highest BCUT2D eigenvalue weighted by Crippen LogP contribution is 2.54. The first-order valence-corrected chi connectivity index (χ1v) is 13.0. The molecule has 3 aliphatic carbocycles. The Balaban J connectivity index is 1.70. The molecule has 0 aromatic heterocycles. The smallest absolute Gasteiger partial charge is 0.255 e. The third kappa shape index (κ3) is 3.72. The minimum Gasteiger partial charge on any atom is -0.508 e. The van der Waals surface area contributed by atoms with E-state index in [4.69, 9.17) is 5.73 Å². The molecule has 0 spiro atoms. The van der Waals surface area contributed by atoms with Crippen LogP contribution >= 0.6 is 0 Å². The number of amides is 2. The maximum Gasteiger partial charge on any atom is 0.255 e. The standard InChI is InChI=1S/C27H33N5O8/c1-31(2)15-9-14(30-26(39)13-5-6-29-13)20(33)17-11(15)7-10-8-12-19(32(3)4)22(35)18(25(28)38)24(37)27(12,40)23(36)16(10)21(17)34/h9-10,12-13,19,29,33-34,37,40H,5-8H2,1-4H3,(H2,28,38)(H,30,39)/t10-,12-,13-,19-,27-/m0/s1. The van der Waals surface area contributed by atoms with Crippen molar-refractivity contribution in [1.82, 2.24) is 10.2 Å². The molecule has 5 atom stereocenters. The molecule has 214 valence electrons. The number of primary amides is 1. The van der Waals surface area contributed by atoms with Crippen LogP contribution in [0.3, 0.4) is 0 Å². The lowest BCUT2D eigenvalue weighted by molar-refractivity contribution is -0.153. The molecular formula is C27H33N5O8. The van der Waals surface area contributed by atoms with Crippen LogP contribution in [0.5, 0.6) is 5.75 Å². The number of nitrogens with one attached hydrogen (secondary N) is 2. The fourth-order valence-electron chi connectivity index (χ4n) is 6.52. The number of aliphatic hydroxyl groups excluding tert-OH is 2. The maximum absolute atomic E-state index is 14.0. The van der Waals surface area contributed by atoms with Crippen molar-refractivity contribution < 1.29 is 39.6 Å². The molecule has 40 heavy (non-hydrogen) atoms. The molecule has 1 aromatic carbocycles. The van der Waals surface area contributed by atoms with Crippen molar-refractivity contribution in [2.45, 2.75) is 36.9 Å². The Morgan fingerprint density at radius 2 is 1.80 bits per heavy atom. The number of phenols is 1. The molecule has 1 aromatic rings. The van der Waals surface area contributed by atoms with Gasteiger partial charge in [0, 0.05) is 31.3 Å². The predicted molar refractivity (Wildman–Crippen MR) is 144 cm³/mol. The van der Waals surface area contributed by atoms with Gasteiger partial charge in [-0.2, -0.15) is 0 Å². The van der Waals surface area contributed by atoms with Crippen LogP contribution in [0.25, 0.3) is 5.76 Å². The fourth-order valence-corrected chi connectivity index (χ4v) is 6.52. The van der Waals surface area contributed by atoms with Gasteiger partial charge in [-0.15, -0.1) is 0 Å². The van der Waals surface area contributed by atoms with Crippen molar-refractivity contribution in [2.75, 3.05) is 45.0 Å². The summed E-state index contributed by atoms with van der Waals surface area (Å²) in [7, 11) is 6.60. The number of nitrogens with two attached hydrogens (primary N) is 1. The van der Waals surface area contributed by atoms with Crippen LogP contribution in [-0.4, -0.2) is 101 Å². The number of anilines is 2. The maximum atomic E-state index is 14.0. The van der Waals surface area contributed by atoms with Gasteiger partial charge in [-0.1, -0.05) is 0 Å². The molecule has 13 heteroatoms. The summed E-state index contributed by atoms with van der Waals surface area (Å²) < 4.78 is 0. The minimum absolute atomic E-state index is 0.00870. The van der Waals surface area contributed by atoms with E-state index in [-0.39, 0.29) is 35.6 Å². The van der Waals surface area contributed by atoms with E-state index in [1.54, 1.807) is 39.2 Å². The molecule has 13 nitrogen and oxygen atoms in total.